The number of benzene rings is 1. The van der Waals surface area contributed by atoms with Crippen molar-refractivity contribution in [2.45, 2.75) is 4.90 Å². The summed E-state index contributed by atoms with van der Waals surface area (Å²) < 4.78 is 4.98. The highest BCUT2D eigenvalue weighted by Gasteiger charge is 2.04. The number of methoxy groups -OCH3 is 1. The van der Waals surface area contributed by atoms with E-state index in [9.17, 15) is 4.79 Å². The summed E-state index contributed by atoms with van der Waals surface area (Å²) in [7, 11) is 1.55. The van der Waals surface area contributed by atoms with Gasteiger partial charge in [0.15, 0.2) is 0 Å². The molecule has 0 saturated heterocycles. The van der Waals surface area contributed by atoms with E-state index in [0.717, 1.165) is 10.5 Å². The zero-order valence-electron chi connectivity index (χ0n) is 9.27. The molecule has 0 fully saturated rings. The Balaban J connectivity index is 2.97. The van der Waals surface area contributed by atoms with Crippen LogP contribution < -0.4 is 0 Å². The van der Waals surface area contributed by atoms with Gasteiger partial charge < -0.3 is 9.84 Å². The summed E-state index contributed by atoms with van der Waals surface area (Å²) in [4.78, 5) is 11.8. The first kappa shape index (κ1) is 12.8. The third-order valence-electron chi connectivity index (χ3n) is 2.06. The molecule has 4 heteroatoms. The van der Waals surface area contributed by atoms with Crippen LogP contribution in [0.2, 0.25) is 0 Å². The van der Waals surface area contributed by atoms with Crippen molar-refractivity contribution in [3.05, 3.63) is 35.9 Å². The molecule has 0 spiro atoms. The largest absolute Gasteiger partial charge is 0.478 e. The number of hydrogen-bond acceptors (Lipinski definition) is 3. The van der Waals surface area contributed by atoms with Gasteiger partial charge in [0.1, 0.15) is 0 Å². The van der Waals surface area contributed by atoms with Crippen LogP contribution in [0.1, 0.15) is 5.56 Å². The molecule has 16 heavy (non-hydrogen) atoms. The number of carboxylic acids is 1. The minimum Gasteiger partial charge on any atom is -0.478 e. The van der Waals surface area contributed by atoms with Gasteiger partial charge in [0.25, 0.3) is 0 Å². The maximum absolute atomic E-state index is 10.6. The standard InChI is InChI=1S/C12H14O3S/c1-15-8-10(7-12(13)14)9-3-5-11(16-2)6-4-9/h3-7H,8H2,1-2H3,(H,13,14)/b10-7+. The van der Waals surface area contributed by atoms with Crippen LogP contribution in [0.5, 0.6) is 0 Å². The van der Waals surface area contributed by atoms with Crippen LogP contribution in [-0.4, -0.2) is 31.0 Å². The number of hydrogen-bond donors (Lipinski definition) is 1. The Hall–Kier alpha value is -1.26. The molecule has 0 aliphatic carbocycles. The predicted molar refractivity (Wildman–Crippen MR) is 65.7 cm³/mol. The first-order valence-electron chi connectivity index (χ1n) is 4.74. The molecule has 0 aliphatic heterocycles. The highest BCUT2D eigenvalue weighted by molar-refractivity contribution is 7.98. The van der Waals surface area contributed by atoms with Crippen LogP contribution >= 0.6 is 11.8 Å². The van der Waals surface area contributed by atoms with Gasteiger partial charge in [-0.3, -0.25) is 0 Å². The molecule has 0 heterocycles. The lowest BCUT2D eigenvalue weighted by Crippen LogP contribution is -1.98. The maximum Gasteiger partial charge on any atom is 0.328 e. The van der Waals surface area contributed by atoms with Gasteiger partial charge in [-0.25, -0.2) is 4.79 Å². The Morgan fingerprint density at radius 3 is 2.50 bits per heavy atom. The minimum absolute atomic E-state index is 0.297. The number of carboxylic acid groups (broad SMARTS) is 1. The normalized spacial score (nSPS) is 11.5. The molecule has 1 N–H and O–H groups in total. The first-order chi connectivity index (χ1) is 7.67. The second kappa shape index (κ2) is 6.35. The zero-order valence-corrected chi connectivity index (χ0v) is 10.1. The molecule has 0 atom stereocenters. The SMILES string of the molecule is COC/C(=C\C(=O)O)c1ccc(SC)cc1. The average Bonchev–Trinajstić information content (AvgIpc) is 2.28. The fourth-order valence-corrected chi connectivity index (χ4v) is 1.73. The van der Waals surface area contributed by atoms with E-state index in [4.69, 9.17) is 9.84 Å². The third-order valence-corrected chi connectivity index (χ3v) is 2.80. The van der Waals surface area contributed by atoms with Crippen LogP contribution in [0.3, 0.4) is 0 Å². The monoisotopic (exact) mass is 238 g/mol. The second-order valence-electron chi connectivity index (χ2n) is 3.17. The molecule has 0 amide bonds. The lowest BCUT2D eigenvalue weighted by Gasteiger charge is -2.06. The molecule has 1 aromatic rings. The van der Waals surface area contributed by atoms with Gasteiger partial charge in [-0.1, -0.05) is 12.1 Å². The van der Waals surface area contributed by atoms with E-state index < -0.39 is 5.97 Å². The van der Waals surface area contributed by atoms with E-state index in [1.807, 2.05) is 30.5 Å². The summed E-state index contributed by atoms with van der Waals surface area (Å²) in [5.41, 5.74) is 1.55. The van der Waals surface area contributed by atoms with Crippen molar-refractivity contribution in [2.75, 3.05) is 20.0 Å². The van der Waals surface area contributed by atoms with Crippen molar-refractivity contribution in [3.8, 4) is 0 Å². The highest BCUT2D eigenvalue weighted by Crippen LogP contribution is 2.20. The number of carbonyl (C=O) groups is 1. The zero-order chi connectivity index (χ0) is 12.0. The van der Waals surface area contributed by atoms with Gasteiger partial charge in [0.2, 0.25) is 0 Å². The molecule has 1 rings (SSSR count). The molecule has 86 valence electrons. The van der Waals surface area contributed by atoms with E-state index in [1.54, 1.807) is 18.9 Å². The molecule has 0 saturated carbocycles. The predicted octanol–water partition coefficient (Wildman–Crippen LogP) is 2.52. The van der Waals surface area contributed by atoms with Gasteiger partial charge in [-0.05, 0) is 29.5 Å². The highest BCUT2D eigenvalue weighted by atomic mass is 32.2. The van der Waals surface area contributed by atoms with Gasteiger partial charge in [0, 0.05) is 18.1 Å². The van der Waals surface area contributed by atoms with E-state index in [0.29, 0.717) is 12.2 Å². The van der Waals surface area contributed by atoms with Crippen LogP contribution in [0.4, 0.5) is 0 Å². The third kappa shape index (κ3) is 3.72. The second-order valence-corrected chi connectivity index (χ2v) is 4.05. The summed E-state index contributed by atoms with van der Waals surface area (Å²) >= 11 is 1.65. The summed E-state index contributed by atoms with van der Waals surface area (Å²) in [6, 6.07) is 7.73. The molecule has 0 radical (unpaired) electrons. The summed E-state index contributed by atoms with van der Waals surface area (Å²) in [6.45, 7) is 0.297. The molecular formula is C12H14O3S. The molecule has 0 aliphatic rings. The molecule has 0 unspecified atom stereocenters. The van der Waals surface area contributed by atoms with Gasteiger partial charge in [-0.2, -0.15) is 0 Å². The minimum atomic E-state index is -0.957. The Labute approximate surface area is 99.1 Å². The fraction of sp³-hybridized carbons (Fsp3) is 0.250. The van der Waals surface area contributed by atoms with Crippen molar-refractivity contribution >= 4 is 23.3 Å². The fourth-order valence-electron chi connectivity index (χ4n) is 1.32. The number of ether oxygens (including phenoxy) is 1. The molecule has 0 aromatic heterocycles. The lowest BCUT2D eigenvalue weighted by molar-refractivity contribution is -0.131. The van der Waals surface area contributed by atoms with E-state index in [2.05, 4.69) is 0 Å². The van der Waals surface area contributed by atoms with Crippen LogP contribution in [0.15, 0.2) is 35.2 Å². The first-order valence-corrected chi connectivity index (χ1v) is 5.96. The van der Waals surface area contributed by atoms with Gasteiger partial charge in [0.05, 0.1) is 6.61 Å². The smallest absolute Gasteiger partial charge is 0.328 e. The number of aliphatic carboxylic acids is 1. The van der Waals surface area contributed by atoms with Crippen molar-refractivity contribution < 1.29 is 14.6 Å². The van der Waals surface area contributed by atoms with Crippen LogP contribution in [-0.2, 0) is 9.53 Å². The average molecular weight is 238 g/mol. The molecule has 3 nitrogen and oxygen atoms in total. The topological polar surface area (TPSA) is 46.5 Å². The quantitative estimate of drug-likeness (QED) is 0.632. The van der Waals surface area contributed by atoms with Crippen molar-refractivity contribution in [1.82, 2.24) is 0 Å². The summed E-state index contributed by atoms with van der Waals surface area (Å²) in [5, 5.41) is 8.74. The molecule has 0 bridgehead atoms. The Morgan fingerprint density at radius 2 is 2.06 bits per heavy atom. The number of thioether (sulfide) groups is 1. The molecular weight excluding hydrogens is 224 g/mol. The van der Waals surface area contributed by atoms with E-state index >= 15 is 0 Å². The summed E-state index contributed by atoms with van der Waals surface area (Å²) in [5.74, 6) is -0.957. The maximum atomic E-state index is 10.6. The molecule has 1 aromatic carbocycles. The Kier molecular flexibility index (Phi) is 5.08. The van der Waals surface area contributed by atoms with Crippen LogP contribution in [0.25, 0.3) is 5.57 Å². The lowest BCUT2D eigenvalue weighted by atomic mass is 10.1. The van der Waals surface area contributed by atoms with Crippen LogP contribution in [0, 0.1) is 0 Å². The van der Waals surface area contributed by atoms with Gasteiger partial charge >= 0.3 is 5.97 Å². The Morgan fingerprint density at radius 1 is 1.44 bits per heavy atom. The van der Waals surface area contributed by atoms with Crippen molar-refractivity contribution in [3.63, 3.8) is 0 Å². The van der Waals surface area contributed by atoms with E-state index in [-0.39, 0.29) is 0 Å². The van der Waals surface area contributed by atoms with Crippen molar-refractivity contribution in [2.24, 2.45) is 0 Å². The van der Waals surface area contributed by atoms with E-state index in [1.165, 1.54) is 6.08 Å². The Bertz CT molecular complexity index is 382. The van der Waals surface area contributed by atoms with Gasteiger partial charge in [-0.15, -0.1) is 11.8 Å². The summed E-state index contributed by atoms with van der Waals surface area (Å²) in [6.07, 6.45) is 3.18. The van der Waals surface area contributed by atoms with Crippen molar-refractivity contribution in [1.29, 1.82) is 0 Å². The number of rotatable bonds is 5.